The summed E-state index contributed by atoms with van der Waals surface area (Å²) in [6.07, 6.45) is 4.31. The molecular weight excluding hydrogens is 458 g/mol. The molecule has 172 valence electrons. The monoisotopic (exact) mass is 488 g/mol. The summed E-state index contributed by atoms with van der Waals surface area (Å²) in [5.74, 6) is 0.196. The Morgan fingerprint density at radius 3 is 2.81 bits per heavy atom. The number of thiophene rings is 1. The van der Waals surface area contributed by atoms with Gasteiger partial charge in [-0.1, -0.05) is 13.8 Å². The molecule has 0 saturated carbocycles. The lowest BCUT2D eigenvalue weighted by atomic mass is 10.0. The van der Waals surface area contributed by atoms with Crippen molar-refractivity contribution in [3.63, 3.8) is 0 Å². The number of nitrogens with zero attached hydrogens (tertiary/aromatic N) is 3. The second-order valence-electron chi connectivity index (χ2n) is 8.10. The number of fused-ring (bicyclic) bond motifs is 2. The number of methoxy groups -OCH3 is 1. The van der Waals surface area contributed by atoms with Crippen LogP contribution in [0.25, 0.3) is 11.9 Å². The summed E-state index contributed by atoms with van der Waals surface area (Å²) in [5, 5.41) is 5.67. The Labute approximate surface area is 199 Å². The molecule has 2 aromatic rings. The van der Waals surface area contributed by atoms with Crippen LogP contribution in [-0.4, -0.2) is 61.2 Å². The van der Waals surface area contributed by atoms with Crippen LogP contribution in [0, 0.1) is 5.82 Å². The maximum atomic E-state index is 14.7. The van der Waals surface area contributed by atoms with Gasteiger partial charge in [0.25, 0.3) is 0 Å². The van der Waals surface area contributed by atoms with Crippen molar-refractivity contribution in [2.75, 3.05) is 45.7 Å². The van der Waals surface area contributed by atoms with Gasteiger partial charge in [-0.25, -0.2) is 4.39 Å². The topological polar surface area (TPSA) is 40.6 Å². The average molecular weight is 489 g/mol. The van der Waals surface area contributed by atoms with E-state index in [0.29, 0.717) is 17.2 Å². The minimum Gasteiger partial charge on any atom is -0.385 e. The third-order valence-electron chi connectivity index (χ3n) is 5.83. The second kappa shape index (κ2) is 11.0. The lowest BCUT2D eigenvalue weighted by Gasteiger charge is -2.41. The quantitative estimate of drug-likeness (QED) is 0.699. The van der Waals surface area contributed by atoms with Gasteiger partial charge < -0.3 is 15.0 Å². The zero-order chi connectivity index (χ0) is 20.5. The molecule has 1 atom stereocenters. The van der Waals surface area contributed by atoms with E-state index in [1.807, 2.05) is 0 Å². The van der Waals surface area contributed by atoms with Crippen LogP contribution in [0.3, 0.4) is 0 Å². The first-order valence-electron chi connectivity index (χ1n) is 10.2. The summed E-state index contributed by atoms with van der Waals surface area (Å²) in [5.41, 5.74) is 2.16. The molecule has 0 bridgehead atoms. The summed E-state index contributed by atoms with van der Waals surface area (Å²) in [6.45, 7) is 7.86. The molecule has 0 aliphatic carbocycles. The minimum atomic E-state index is -0.246. The van der Waals surface area contributed by atoms with Crippen molar-refractivity contribution in [3.05, 3.63) is 45.2 Å². The molecular formula is C22H31Cl2FN4OS. The Balaban J connectivity index is 0.00000171. The summed E-state index contributed by atoms with van der Waals surface area (Å²) < 4.78 is 20.0. The Hall–Kier alpha value is -1.38. The van der Waals surface area contributed by atoms with E-state index in [-0.39, 0.29) is 30.6 Å². The third-order valence-corrected chi connectivity index (χ3v) is 7.20. The van der Waals surface area contributed by atoms with Crippen molar-refractivity contribution in [1.29, 1.82) is 0 Å². The molecule has 4 rings (SSSR count). The highest BCUT2D eigenvalue weighted by Crippen LogP contribution is 2.38. The number of hydrogen-bond donors (Lipinski definition) is 1. The fourth-order valence-electron chi connectivity index (χ4n) is 4.05. The fourth-order valence-corrected chi connectivity index (χ4v) is 5.09. The van der Waals surface area contributed by atoms with Gasteiger partial charge in [-0.05, 0) is 31.5 Å². The highest BCUT2D eigenvalue weighted by Gasteiger charge is 2.29. The highest BCUT2D eigenvalue weighted by atomic mass is 35.5. The second-order valence-corrected chi connectivity index (χ2v) is 9.18. The van der Waals surface area contributed by atoms with Crippen LogP contribution in [0.1, 0.15) is 36.6 Å². The van der Waals surface area contributed by atoms with Crippen molar-refractivity contribution < 1.29 is 9.13 Å². The molecule has 0 spiro atoms. The van der Waals surface area contributed by atoms with Gasteiger partial charge in [0.05, 0.1) is 16.3 Å². The summed E-state index contributed by atoms with van der Waals surface area (Å²) in [4.78, 5) is 10.7. The van der Waals surface area contributed by atoms with Crippen LogP contribution in [-0.2, 0) is 4.74 Å². The van der Waals surface area contributed by atoms with Crippen LogP contribution < -0.4 is 15.9 Å². The van der Waals surface area contributed by atoms with Crippen molar-refractivity contribution in [3.8, 4) is 0 Å². The molecule has 0 radical (unpaired) electrons. The van der Waals surface area contributed by atoms with E-state index in [0.717, 1.165) is 54.3 Å². The molecule has 1 saturated heterocycles. The predicted molar refractivity (Wildman–Crippen MR) is 131 cm³/mol. The molecule has 0 amide bonds. The largest absolute Gasteiger partial charge is 0.385 e. The number of pyridine rings is 1. The van der Waals surface area contributed by atoms with E-state index >= 15 is 0 Å². The number of likely N-dealkylation sites (N-methyl/N-ethyl adjacent to an activating group) is 1. The maximum absolute atomic E-state index is 14.7. The van der Waals surface area contributed by atoms with Gasteiger partial charge in [-0.3, -0.25) is 9.88 Å². The summed E-state index contributed by atoms with van der Waals surface area (Å²) in [6, 6.07) is 4.07. The molecule has 2 aliphatic heterocycles. The van der Waals surface area contributed by atoms with Crippen LogP contribution >= 0.6 is 36.2 Å². The SMILES string of the molecule is COCCC1CN(C2=c3nccc(F)c3=CNc3sc(C(C)C)cc32)CCN1C.Cl.Cl. The Morgan fingerprint density at radius 1 is 1.32 bits per heavy atom. The van der Waals surface area contributed by atoms with Gasteiger partial charge in [-0.15, -0.1) is 36.2 Å². The lowest BCUT2D eigenvalue weighted by molar-refractivity contribution is 0.0960. The molecule has 5 nitrogen and oxygen atoms in total. The number of aromatic nitrogens is 1. The maximum Gasteiger partial charge on any atom is 0.135 e. The Morgan fingerprint density at radius 2 is 2.10 bits per heavy atom. The van der Waals surface area contributed by atoms with E-state index in [9.17, 15) is 4.39 Å². The molecule has 9 heteroatoms. The lowest BCUT2D eigenvalue weighted by Crippen LogP contribution is -2.52. The number of halogens is 3. The minimum absolute atomic E-state index is 0. The Kier molecular flexibility index (Phi) is 9.15. The van der Waals surface area contributed by atoms with Gasteiger partial charge in [0.2, 0.25) is 0 Å². The molecule has 2 aromatic heterocycles. The molecule has 31 heavy (non-hydrogen) atoms. The van der Waals surface area contributed by atoms with Crippen LogP contribution in [0.5, 0.6) is 0 Å². The molecule has 0 aromatic carbocycles. The van der Waals surface area contributed by atoms with Gasteiger partial charge in [0.15, 0.2) is 0 Å². The van der Waals surface area contributed by atoms with E-state index < -0.39 is 0 Å². The van der Waals surface area contributed by atoms with E-state index in [1.165, 1.54) is 10.9 Å². The van der Waals surface area contributed by atoms with E-state index in [4.69, 9.17) is 4.74 Å². The van der Waals surface area contributed by atoms with Crippen molar-refractivity contribution in [1.82, 2.24) is 14.8 Å². The van der Waals surface area contributed by atoms with Crippen molar-refractivity contribution in [2.24, 2.45) is 0 Å². The first kappa shape index (κ1) is 25.9. The number of ether oxygens (including phenoxy) is 1. The van der Waals surface area contributed by atoms with Gasteiger partial charge in [0, 0.05) is 62.2 Å². The molecule has 1 fully saturated rings. The molecule has 4 heterocycles. The highest BCUT2D eigenvalue weighted by molar-refractivity contribution is 7.16. The van der Waals surface area contributed by atoms with Crippen LogP contribution in [0.4, 0.5) is 9.39 Å². The zero-order valence-electron chi connectivity index (χ0n) is 18.4. The number of nitrogens with one attached hydrogen (secondary N) is 1. The molecule has 2 aliphatic rings. The van der Waals surface area contributed by atoms with Gasteiger partial charge >= 0.3 is 0 Å². The number of piperazine rings is 1. The average Bonchev–Trinajstić information content (AvgIpc) is 3.05. The number of hydrogen-bond acceptors (Lipinski definition) is 6. The van der Waals surface area contributed by atoms with E-state index in [1.54, 1.807) is 30.8 Å². The van der Waals surface area contributed by atoms with Gasteiger partial charge in [0.1, 0.15) is 10.8 Å². The molecule has 1 unspecified atom stereocenters. The zero-order valence-corrected chi connectivity index (χ0v) is 20.8. The van der Waals surface area contributed by atoms with Crippen molar-refractivity contribution >= 4 is 53.0 Å². The first-order chi connectivity index (χ1) is 14.0. The van der Waals surface area contributed by atoms with E-state index in [2.05, 4.69) is 47.1 Å². The smallest absolute Gasteiger partial charge is 0.135 e. The third kappa shape index (κ3) is 5.17. The number of anilines is 1. The predicted octanol–water partition coefficient (Wildman–Crippen LogP) is 3.22. The van der Waals surface area contributed by atoms with Crippen molar-refractivity contribution in [2.45, 2.75) is 32.2 Å². The first-order valence-corrected chi connectivity index (χ1v) is 11.0. The van der Waals surface area contributed by atoms with Gasteiger partial charge in [-0.2, -0.15) is 0 Å². The summed E-state index contributed by atoms with van der Waals surface area (Å²) >= 11 is 1.75. The van der Waals surface area contributed by atoms with Crippen LogP contribution in [0.2, 0.25) is 0 Å². The molecule has 1 N–H and O–H groups in total. The number of rotatable bonds is 5. The standard InChI is InChI=1S/C22H29FN4OS.2ClH/c1-14(2)19-11-16-21(27-9-8-26(3)15(13-27)6-10-28-4)20-17(12-25-22(16)29-19)18(23)5-7-24-20;;/h5,7,11-12,14-15,25H,6,8-10,13H2,1-4H3;2*1H. The van der Waals surface area contributed by atoms with Crippen LogP contribution in [0.15, 0.2) is 18.3 Å². The summed E-state index contributed by atoms with van der Waals surface area (Å²) in [7, 11) is 3.92. The Bertz CT molecular complexity index is 1010. The fraction of sp³-hybridized carbons (Fsp3) is 0.500. The normalized spacial score (nSPS) is 18.2.